The minimum atomic E-state index is -0.538. The zero-order valence-electron chi connectivity index (χ0n) is 10.6. The van der Waals surface area contributed by atoms with Gasteiger partial charge in [0.1, 0.15) is 0 Å². The Morgan fingerprint density at radius 2 is 2.26 bits per heavy atom. The highest BCUT2D eigenvalue weighted by atomic mass is 35.5. The number of amides is 1. The van der Waals surface area contributed by atoms with E-state index in [4.69, 9.17) is 16.7 Å². The Kier molecular flexibility index (Phi) is 4.39. The van der Waals surface area contributed by atoms with Crippen molar-refractivity contribution in [2.75, 3.05) is 6.54 Å². The maximum absolute atomic E-state index is 11.6. The average Bonchev–Trinajstić information content (AvgIpc) is 2.71. The molecule has 6 heteroatoms. The highest BCUT2D eigenvalue weighted by Crippen LogP contribution is 2.22. The molecule has 19 heavy (non-hydrogen) atoms. The van der Waals surface area contributed by atoms with Crippen LogP contribution < -0.4 is 5.32 Å². The number of hydrogen-bond donors (Lipinski definition) is 2. The van der Waals surface area contributed by atoms with Crippen LogP contribution in [0.25, 0.3) is 10.9 Å². The Balaban J connectivity index is 2.00. The van der Waals surface area contributed by atoms with Gasteiger partial charge >= 0.3 is 0 Å². The molecule has 0 bridgehead atoms. The van der Waals surface area contributed by atoms with Crippen molar-refractivity contribution in [3.05, 3.63) is 29.4 Å². The molecule has 1 amide bonds. The molecule has 1 aromatic heterocycles. The van der Waals surface area contributed by atoms with Crippen molar-refractivity contribution in [1.82, 2.24) is 15.1 Å². The summed E-state index contributed by atoms with van der Waals surface area (Å²) in [5.41, 5.74) is 0.913. The van der Waals surface area contributed by atoms with Gasteiger partial charge in [-0.15, -0.1) is 0 Å². The standard InChI is InChI=1S/C13H16ClN3O2/c1-9(18)8-15-12(19)6-7-17-11-5-3-2-4-10(11)13(14)16-17/h2-5,9,18H,6-8H2,1H3,(H,15,19). The van der Waals surface area contributed by atoms with E-state index in [1.807, 2.05) is 24.3 Å². The van der Waals surface area contributed by atoms with Crippen molar-refractivity contribution in [1.29, 1.82) is 0 Å². The molecule has 0 aliphatic heterocycles. The molecule has 0 aliphatic carbocycles. The maximum atomic E-state index is 11.6. The number of aromatic nitrogens is 2. The summed E-state index contributed by atoms with van der Waals surface area (Å²) in [5, 5.41) is 17.3. The molecule has 0 saturated heterocycles. The molecule has 0 spiro atoms. The molecule has 2 N–H and O–H groups in total. The first-order valence-electron chi connectivity index (χ1n) is 6.13. The molecule has 1 atom stereocenters. The first-order chi connectivity index (χ1) is 9.08. The molecule has 1 unspecified atom stereocenters. The van der Waals surface area contributed by atoms with Crippen LogP contribution in [0.5, 0.6) is 0 Å². The van der Waals surface area contributed by atoms with Gasteiger partial charge in [-0.05, 0) is 19.1 Å². The number of aliphatic hydroxyl groups excluding tert-OH is 1. The minimum absolute atomic E-state index is 0.114. The molecule has 102 valence electrons. The SMILES string of the molecule is CC(O)CNC(=O)CCn1nc(Cl)c2ccccc21. The van der Waals surface area contributed by atoms with Crippen molar-refractivity contribution >= 4 is 28.4 Å². The van der Waals surface area contributed by atoms with Crippen LogP contribution in [0.1, 0.15) is 13.3 Å². The predicted molar refractivity (Wildman–Crippen MR) is 74.1 cm³/mol. The smallest absolute Gasteiger partial charge is 0.221 e. The highest BCUT2D eigenvalue weighted by molar-refractivity contribution is 6.34. The van der Waals surface area contributed by atoms with E-state index in [2.05, 4.69) is 10.4 Å². The van der Waals surface area contributed by atoms with Crippen LogP contribution in [0.4, 0.5) is 0 Å². The fourth-order valence-corrected chi connectivity index (χ4v) is 2.07. The lowest BCUT2D eigenvalue weighted by atomic mass is 10.2. The predicted octanol–water partition coefficient (Wildman–Crippen LogP) is 1.58. The second-order valence-electron chi connectivity index (χ2n) is 4.43. The summed E-state index contributed by atoms with van der Waals surface area (Å²) in [6, 6.07) is 7.62. The molecule has 0 saturated carbocycles. The van der Waals surface area contributed by atoms with E-state index in [0.29, 0.717) is 18.1 Å². The summed E-state index contributed by atoms with van der Waals surface area (Å²) in [5.74, 6) is -0.114. The summed E-state index contributed by atoms with van der Waals surface area (Å²) in [6.45, 7) is 2.35. The highest BCUT2D eigenvalue weighted by Gasteiger charge is 2.09. The third kappa shape index (κ3) is 3.45. The van der Waals surface area contributed by atoms with Crippen LogP contribution in [0.2, 0.25) is 5.15 Å². The van der Waals surface area contributed by atoms with Gasteiger partial charge in [0.15, 0.2) is 5.15 Å². The van der Waals surface area contributed by atoms with E-state index >= 15 is 0 Å². The van der Waals surface area contributed by atoms with E-state index in [9.17, 15) is 4.79 Å². The summed E-state index contributed by atoms with van der Waals surface area (Å²) >= 11 is 6.03. The summed E-state index contributed by atoms with van der Waals surface area (Å²) in [6.07, 6.45) is -0.238. The molecule has 0 aliphatic rings. The van der Waals surface area contributed by atoms with E-state index in [0.717, 1.165) is 10.9 Å². The van der Waals surface area contributed by atoms with Crippen LogP contribution in [-0.4, -0.2) is 33.4 Å². The first kappa shape index (κ1) is 13.8. The number of halogens is 1. The zero-order chi connectivity index (χ0) is 13.8. The monoisotopic (exact) mass is 281 g/mol. The van der Waals surface area contributed by atoms with E-state index in [-0.39, 0.29) is 12.5 Å². The molecule has 1 heterocycles. The molecule has 1 aromatic carbocycles. The second-order valence-corrected chi connectivity index (χ2v) is 4.79. The number of para-hydroxylation sites is 1. The first-order valence-corrected chi connectivity index (χ1v) is 6.51. The van der Waals surface area contributed by atoms with E-state index < -0.39 is 6.10 Å². The zero-order valence-corrected chi connectivity index (χ0v) is 11.4. The Bertz CT molecular complexity index is 580. The summed E-state index contributed by atoms with van der Waals surface area (Å²) in [4.78, 5) is 11.6. The van der Waals surface area contributed by atoms with Gasteiger partial charge in [0.25, 0.3) is 0 Å². The molecule has 2 aromatic rings. The largest absolute Gasteiger partial charge is 0.392 e. The van der Waals surface area contributed by atoms with Crippen LogP contribution in [0.15, 0.2) is 24.3 Å². The Morgan fingerprint density at radius 3 is 3.00 bits per heavy atom. The lowest BCUT2D eigenvalue weighted by Gasteiger charge is -2.07. The lowest BCUT2D eigenvalue weighted by Crippen LogP contribution is -2.31. The van der Waals surface area contributed by atoms with Gasteiger partial charge in [0.05, 0.1) is 18.2 Å². The Labute approximate surface area is 116 Å². The molecular formula is C13H16ClN3O2. The average molecular weight is 282 g/mol. The third-order valence-corrected chi connectivity index (χ3v) is 3.04. The van der Waals surface area contributed by atoms with Crippen LogP contribution in [0.3, 0.4) is 0 Å². The van der Waals surface area contributed by atoms with Crippen molar-refractivity contribution in [3.63, 3.8) is 0 Å². The minimum Gasteiger partial charge on any atom is -0.392 e. The topological polar surface area (TPSA) is 67.2 Å². The fraction of sp³-hybridized carbons (Fsp3) is 0.385. The maximum Gasteiger partial charge on any atom is 0.221 e. The molecule has 5 nitrogen and oxygen atoms in total. The van der Waals surface area contributed by atoms with Gasteiger partial charge in [-0.2, -0.15) is 5.10 Å². The van der Waals surface area contributed by atoms with E-state index in [1.54, 1.807) is 11.6 Å². The number of benzene rings is 1. The Morgan fingerprint density at radius 1 is 1.53 bits per heavy atom. The van der Waals surface area contributed by atoms with Gasteiger partial charge in [0.2, 0.25) is 5.91 Å². The molecule has 0 fully saturated rings. The summed E-state index contributed by atoms with van der Waals surface area (Å²) < 4.78 is 1.72. The van der Waals surface area contributed by atoms with Crippen LogP contribution >= 0.6 is 11.6 Å². The van der Waals surface area contributed by atoms with Crippen molar-refractivity contribution in [3.8, 4) is 0 Å². The number of carbonyl (C=O) groups is 1. The third-order valence-electron chi connectivity index (χ3n) is 2.76. The number of carbonyl (C=O) groups excluding carboxylic acids is 1. The van der Waals surface area contributed by atoms with Gasteiger partial charge in [0, 0.05) is 18.4 Å². The van der Waals surface area contributed by atoms with Crippen molar-refractivity contribution < 1.29 is 9.90 Å². The fourth-order valence-electron chi connectivity index (χ4n) is 1.81. The number of nitrogens with one attached hydrogen (secondary N) is 1. The lowest BCUT2D eigenvalue weighted by molar-refractivity contribution is -0.121. The number of rotatable bonds is 5. The van der Waals surface area contributed by atoms with Crippen LogP contribution in [0, 0.1) is 0 Å². The Hall–Kier alpha value is -1.59. The molecule has 2 rings (SSSR count). The number of aliphatic hydroxyl groups is 1. The van der Waals surface area contributed by atoms with Gasteiger partial charge in [-0.3, -0.25) is 9.48 Å². The normalized spacial score (nSPS) is 12.6. The van der Waals surface area contributed by atoms with E-state index in [1.165, 1.54) is 0 Å². The van der Waals surface area contributed by atoms with Gasteiger partial charge in [-0.25, -0.2) is 0 Å². The quantitative estimate of drug-likeness (QED) is 0.874. The number of fused-ring (bicyclic) bond motifs is 1. The molecular weight excluding hydrogens is 266 g/mol. The van der Waals surface area contributed by atoms with Gasteiger partial charge < -0.3 is 10.4 Å². The number of nitrogens with zero attached hydrogens (tertiary/aromatic N) is 2. The van der Waals surface area contributed by atoms with Gasteiger partial charge in [-0.1, -0.05) is 23.7 Å². The second kappa shape index (κ2) is 6.04. The summed E-state index contributed by atoms with van der Waals surface area (Å²) in [7, 11) is 0. The number of hydrogen-bond acceptors (Lipinski definition) is 3. The van der Waals surface area contributed by atoms with Crippen LogP contribution in [-0.2, 0) is 11.3 Å². The molecule has 0 radical (unpaired) electrons. The number of aryl methyl sites for hydroxylation is 1. The van der Waals surface area contributed by atoms with Crippen molar-refractivity contribution in [2.45, 2.75) is 26.0 Å². The van der Waals surface area contributed by atoms with Crippen molar-refractivity contribution in [2.24, 2.45) is 0 Å².